The van der Waals surface area contributed by atoms with Crippen LogP contribution in [0.15, 0.2) is 12.1 Å². The zero-order valence-electron chi connectivity index (χ0n) is 9.86. The van der Waals surface area contributed by atoms with E-state index in [9.17, 15) is 4.79 Å². The van der Waals surface area contributed by atoms with Crippen LogP contribution >= 0.6 is 0 Å². The van der Waals surface area contributed by atoms with Crippen molar-refractivity contribution >= 4 is 17.3 Å². The molecule has 0 aliphatic carbocycles. The lowest BCUT2D eigenvalue weighted by molar-refractivity contribution is 0.0696. The van der Waals surface area contributed by atoms with Gasteiger partial charge < -0.3 is 21.1 Å². The molecule has 0 spiro atoms. The standard InChI is InChI=1S/C12H17N3O2/c1-8-10(12(16)17)6-9(7-11(8)13)15-4-2-14-3-5-15/h6-7,14H,2-5,13H2,1H3,(H,16,17). The number of hydrogen-bond donors (Lipinski definition) is 3. The first-order valence-electron chi connectivity index (χ1n) is 5.68. The van der Waals surface area contributed by atoms with Crippen LogP contribution in [0.5, 0.6) is 0 Å². The summed E-state index contributed by atoms with van der Waals surface area (Å²) in [6.07, 6.45) is 0. The second-order valence-corrected chi connectivity index (χ2v) is 4.25. The average Bonchev–Trinajstić information content (AvgIpc) is 2.33. The highest BCUT2D eigenvalue weighted by Gasteiger charge is 2.16. The minimum Gasteiger partial charge on any atom is -0.478 e. The fourth-order valence-electron chi connectivity index (χ4n) is 2.05. The smallest absolute Gasteiger partial charge is 0.336 e. The Labute approximate surface area is 100 Å². The third kappa shape index (κ3) is 2.34. The molecule has 4 N–H and O–H groups in total. The van der Waals surface area contributed by atoms with Gasteiger partial charge in [0.1, 0.15) is 0 Å². The number of carbonyl (C=O) groups is 1. The van der Waals surface area contributed by atoms with Gasteiger partial charge in [-0.2, -0.15) is 0 Å². The van der Waals surface area contributed by atoms with Crippen molar-refractivity contribution in [2.45, 2.75) is 6.92 Å². The number of rotatable bonds is 2. The Morgan fingerprint density at radius 1 is 1.41 bits per heavy atom. The molecule has 0 bridgehead atoms. The highest BCUT2D eigenvalue weighted by atomic mass is 16.4. The van der Waals surface area contributed by atoms with Crippen LogP contribution in [0, 0.1) is 6.92 Å². The molecule has 1 saturated heterocycles. The Balaban J connectivity index is 2.37. The molecule has 0 saturated carbocycles. The van der Waals surface area contributed by atoms with Crippen molar-refractivity contribution in [2.24, 2.45) is 0 Å². The van der Waals surface area contributed by atoms with Crippen molar-refractivity contribution in [1.82, 2.24) is 5.32 Å². The Morgan fingerprint density at radius 2 is 2.06 bits per heavy atom. The number of nitrogens with one attached hydrogen (secondary N) is 1. The minimum absolute atomic E-state index is 0.290. The molecule has 1 fully saturated rings. The lowest BCUT2D eigenvalue weighted by Gasteiger charge is -2.30. The molecule has 1 aromatic rings. The summed E-state index contributed by atoms with van der Waals surface area (Å²) in [6.45, 7) is 5.32. The fourth-order valence-corrected chi connectivity index (χ4v) is 2.05. The Morgan fingerprint density at radius 3 is 2.65 bits per heavy atom. The lowest BCUT2D eigenvalue weighted by Crippen LogP contribution is -2.43. The number of carboxylic acid groups (broad SMARTS) is 1. The average molecular weight is 235 g/mol. The first kappa shape index (κ1) is 11.7. The summed E-state index contributed by atoms with van der Waals surface area (Å²) in [7, 11) is 0. The molecule has 92 valence electrons. The maximum Gasteiger partial charge on any atom is 0.336 e. The zero-order valence-corrected chi connectivity index (χ0v) is 9.86. The predicted molar refractivity (Wildman–Crippen MR) is 67.6 cm³/mol. The van der Waals surface area contributed by atoms with Crippen LogP contribution < -0.4 is 16.0 Å². The van der Waals surface area contributed by atoms with Crippen LogP contribution in [0.4, 0.5) is 11.4 Å². The van der Waals surface area contributed by atoms with Crippen LogP contribution in [-0.4, -0.2) is 37.3 Å². The Hall–Kier alpha value is -1.75. The van der Waals surface area contributed by atoms with Gasteiger partial charge in [0, 0.05) is 37.6 Å². The van der Waals surface area contributed by atoms with E-state index in [0.29, 0.717) is 16.8 Å². The topological polar surface area (TPSA) is 78.6 Å². The van der Waals surface area contributed by atoms with Gasteiger partial charge in [-0.25, -0.2) is 4.79 Å². The number of hydrogen-bond acceptors (Lipinski definition) is 4. The monoisotopic (exact) mass is 235 g/mol. The van der Waals surface area contributed by atoms with E-state index < -0.39 is 5.97 Å². The first-order chi connectivity index (χ1) is 8.09. The van der Waals surface area contributed by atoms with Crippen molar-refractivity contribution in [3.63, 3.8) is 0 Å². The first-order valence-corrected chi connectivity index (χ1v) is 5.68. The van der Waals surface area contributed by atoms with Crippen molar-refractivity contribution in [2.75, 3.05) is 36.8 Å². The molecule has 5 heteroatoms. The summed E-state index contributed by atoms with van der Waals surface area (Å²) in [6, 6.07) is 3.56. The summed E-state index contributed by atoms with van der Waals surface area (Å²) >= 11 is 0. The number of benzene rings is 1. The van der Waals surface area contributed by atoms with Crippen LogP contribution in [0.25, 0.3) is 0 Å². The van der Waals surface area contributed by atoms with Crippen molar-refractivity contribution in [3.05, 3.63) is 23.3 Å². The van der Waals surface area contributed by atoms with Gasteiger partial charge in [0.2, 0.25) is 0 Å². The largest absolute Gasteiger partial charge is 0.478 e. The maximum absolute atomic E-state index is 11.1. The van der Waals surface area contributed by atoms with Gasteiger partial charge in [-0.15, -0.1) is 0 Å². The van der Waals surface area contributed by atoms with Gasteiger partial charge in [0.05, 0.1) is 5.56 Å². The van der Waals surface area contributed by atoms with Gasteiger partial charge in [0.25, 0.3) is 0 Å². The summed E-state index contributed by atoms with van der Waals surface area (Å²) in [5.74, 6) is -0.925. The molecule has 1 heterocycles. The molecule has 0 atom stereocenters. The van der Waals surface area contributed by atoms with Gasteiger partial charge in [-0.1, -0.05) is 0 Å². The predicted octanol–water partition coefficient (Wildman–Crippen LogP) is 0.685. The van der Waals surface area contributed by atoms with Gasteiger partial charge in [-0.05, 0) is 24.6 Å². The Kier molecular flexibility index (Phi) is 3.19. The number of nitrogens with two attached hydrogens (primary N) is 1. The quantitative estimate of drug-likeness (QED) is 0.657. The van der Waals surface area contributed by atoms with E-state index >= 15 is 0 Å². The van der Waals surface area contributed by atoms with Crippen molar-refractivity contribution in [1.29, 1.82) is 0 Å². The van der Waals surface area contributed by atoms with E-state index in [4.69, 9.17) is 10.8 Å². The van der Waals surface area contributed by atoms with E-state index in [1.54, 1.807) is 13.0 Å². The molecule has 5 nitrogen and oxygen atoms in total. The summed E-state index contributed by atoms with van der Waals surface area (Å²) in [5.41, 5.74) is 8.22. The summed E-state index contributed by atoms with van der Waals surface area (Å²) in [4.78, 5) is 13.3. The SMILES string of the molecule is Cc1c(N)cc(N2CCNCC2)cc1C(=O)O. The van der Waals surface area contributed by atoms with Crippen LogP contribution in [0.1, 0.15) is 15.9 Å². The normalized spacial score (nSPS) is 15.9. The molecule has 0 amide bonds. The van der Waals surface area contributed by atoms with E-state index in [-0.39, 0.29) is 0 Å². The molecule has 0 radical (unpaired) electrons. The number of nitrogens with zero attached hydrogens (tertiary/aromatic N) is 1. The second kappa shape index (κ2) is 4.63. The van der Waals surface area contributed by atoms with Crippen molar-refractivity contribution in [3.8, 4) is 0 Å². The molecule has 0 aromatic heterocycles. The van der Waals surface area contributed by atoms with E-state index in [2.05, 4.69) is 10.2 Å². The van der Waals surface area contributed by atoms with Gasteiger partial charge in [-0.3, -0.25) is 0 Å². The zero-order chi connectivity index (χ0) is 12.4. The molecule has 17 heavy (non-hydrogen) atoms. The molecular weight excluding hydrogens is 218 g/mol. The van der Waals surface area contributed by atoms with E-state index in [0.717, 1.165) is 31.9 Å². The molecule has 0 unspecified atom stereocenters. The fraction of sp³-hybridized carbons (Fsp3) is 0.417. The van der Waals surface area contributed by atoms with Crippen molar-refractivity contribution < 1.29 is 9.90 Å². The molecular formula is C12H17N3O2. The Bertz CT molecular complexity index is 440. The van der Waals surface area contributed by atoms with Gasteiger partial charge >= 0.3 is 5.97 Å². The third-order valence-corrected chi connectivity index (χ3v) is 3.15. The van der Waals surface area contributed by atoms with Crippen LogP contribution in [0.2, 0.25) is 0 Å². The maximum atomic E-state index is 11.1. The molecule has 2 rings (SSSR count). The van der Waals surface area contributed by atoms with E-state index in [1.165, 1.54) is 0 Å². The number of carboxylic acids is 1. The number of anilines is 2. The lowest BCUT2D eigenvalue weighted by atomic mass is 10.0. The molecule has 1 aliphatic rings. The van der Waals surface area contributed by atoms with Crippen LogP contribution in [0.3, 0.4) is 0 Å². The molecule has 1 aliphatic heterocycles. The van der Waals surface area contributed by atoms with Gasteiger partial charge in [0.15, 0.2) is 0 Å². The molecule has 1 aromatic carbocycles. The number of aromatic carboxylic acids is 1. The highest BCUT2D eigenvalue weighted by molar-refractivity contribution is 5.92. The highest BCUT2D eigenvalue weighted by Crippen LogP contribution is 2.25. The number of piperazine rings is 1. The van der Waals surface area contributed by atoms with Crippen LogP contribution in [-0.2, 0) is 0 Å². The second-order valence-electron chi connectivity index (χ2n) is 4.25. The number of nitrogen functional groups attached to an aromatic ring is 1. The third-order valence-electron chi connectivity index (χ3n) is 3.15. The van der Waals surface area contributed by atoms with E-state index in [1.807, 2.05) is 6.07 Å². The minimum atomic E-state index is -0.925. The summed E-state index contributed by atoms with van der Waals surface area (Å²) in [5, 5.41) is 12.4. The summed E-state index contributed by atoms with van der Waals surface area (Å²) < 4.78 is 0.